The molecule has 0 bridgehead atoms. The average Bonchev–Trinajstić information content (AvgIpc) is 2.18. The van der Waals surface area contributed by atoms with Gasteiger partial charge in [-0.05, 0) is 6.07 Å². The molecule has 2 N–H and O–H groups in total. The second kappa shape index (κ2) is 4.48. The van der Waals surface area contributed by atoms with E-state index in [4.69, 9.17) is 17.3 Å². The van der Waals surface area contributed by atoms with Gasteiger partial charge in [-0.3, -0.25) is 0 Å². The highest BCUT2D eigenvalue weighted by atomic mass is 35.5. The minimum Gasteiger partial charge on any atom is -0.327 e. The number of nitrogens with two attached hydrogens (primary N) is 1. The molecule has 1 nitrogen and oxygen atoms in total. The van der Waals surface area contributed by atoms with E-state index in [0.29, 0.717) is 0 Å². The van der Waals surface area contributed by atoms with Crippen molar-refractivity contribution in [2.24, 2.45) is 5.73 Å². The number of hydrogen-bond donors (Lipinski definition) is 1. The Morgan fingerprint density at radius 1 is 1.29 bits per heavy atom. The number of hydrogen-bond acceptors (Lipinski definition) is 1. The quantitative estimate of drug-likeness (QED) is 0.603. The zero-order chi connectivity index (χ0) is 10.7. The fraction of sp³-hybridized carbons (Fsp3) is 0.111. The van der Waals surface area contributed by atoms with Crippen LogP contribution in [0.2, 0.25) is 5.02 Å². The summed E-state index contributed by atoms with van der Waals surface area (Å²) >= 11 is 5.15. The molecule has 0 unspecified atom stereocenters. The summed E-state index contributed by atoms with van der Waals surface area (Å²) < 4.78 is 38.8. The Morgan fingerprint density at radius 2 is 1.93 bits per heavy atom. The van der Waals surface area contributed by atoms with Crippen molar-refractivity contribution in [3.63, 3.8) is 0 Å². The first kappa shape index (κ1) is 11.1. The molecule has 0 amide bonds. The maximum Gasteiger partial charge on any atom is 0.180 e. The maximum atomic E-state index is 13.0. The van der Waals surface area contributed by atoms with E-state index in [9.17, 15) is 13.2 Å². The van der Waals surface area contributed by atoms with Crippen LogP contribution in [-0.2, 0) is 0 Å². The van der Waals surface area contributed by atoms with Crippen LogP contribution in [0, 0.1) is 17.5 Å². The van der Waals surface area contributed by atoms with Crippen molar-refractivity contribution < 1.29 is 13.2 Å². The highest BCUT2D eigenvalue weighted by molar-refractivity contribution is 6.30. The van der Waals surface area contributed by atoms with Gasteiger partial charge in [0.25, 0.3) is 0 Å². The minimum absolute atomic E-state index is 0.158. The smallest absolute Gasteiger partial charge is 0.180 e. The minimum atomic E-state index is -1.39. The van der Waals surface area contributed by atoms with Crippen LogP contribution in [-0.4, -0.2) is 6.54 Å². The number of rotatable bonds is 2. The van der Waals surface area contributed by atoms with Gasteiger partial charge in [0.2, 0.25) is 0 Å². The molecule has 0 fully saturated rings. The molecule has 0 aliphatic rings. The van der Waals surface area contributed by atoms with Crippen LogP contribution in [0.3, 0.4) is 0 Å². The lowest BCUT2D eigenvalue weighted by molar-refractivity contribution is 0.493. The van der Waals surface area contributed by atoms with E-state index in [-0.39, 0.29) is 12.1 Å². The Balaban J connectivity index is 3.26. The molecule has 0 heterocycles. The first-order chi connectivity index (χ1) is 6.57. The Labute approximate surface area is 84.0 Å². The second-order valence-corrected chi connectivity index (χ2v) is 2.91. The molecule has 1 aromatic rings. The molecule has 0 radical (unpaired) electrons. The Hall–Kier alpha value is -1.00. The third-order valence-corrected chi connectivity index (χ3v) is 1.91. The van der Waals surface area contributed by atoms with Crippen molar-refractivity contribution >= 4 is 17.7 Å². The van der Waals surface area contributed by atoms with Gasteiger partial charge in [0.05, 0.1) is 0 Å². The van der Waals surface area contributed by atoms with E-state index in [0.717, 1.165) is 6.07 Å². The van der Waals surface area contributed by atoms with Crippen LogP contribution in [0.25, 0.3) is 6.08 Å². The van der Waals surface area contributed by atoms with Gasteiger partial charge in [-0.25, -0.2) is 13.2 Å². The third kappa shape index (κ3) is 2.08. The highest BCUT2D eigenvalue weighted by Crippen LogP contribution is 2.24. The molecule has 0 spiro atoms. The third-order valence-electron chi connectivity index (χ3n) is 1.56. The molecule has 0 saturated heterocycles. The Morgan fingerprint density at radius 3 is 2.50 bits per heavy atom. The van der Waals surface area contributed by atoms with E-state index in [2.05, 4.69) is 0 Å². The monoisotopic (exact) mass is 221 g/mol. The van der Waals surface area contributed by atoms with Crippen LogP contribution < -0.4 is 5.73 Å². The van der Waals surface area contributed by atoms with E-state index >= 15 is 0 Å². The van der Waals surface area contributed by atoms with Crippen LogP contribution in [0.4, 0.5) is 13.2 Å². The van der Waals surface area contributed by atoms with E-state index in [1.54, 1.807) is 0 Å². The summed E-state index contributed by atoms with van der Waals surface area (Å²) in [5.74, 6) is -3.56. The van der Waals surface area contributed by atoms with Gasteiger partial charge in [-0.2, -0.15) is 0 Å². The first-order valence-corrected chi connectivity index (χ1v) is 4.15. The van der Waals surface area contributed by atoms with Crippen LogP contribution in [0.1, 0.15) is 5.56 Å². The fourth-order valence-corrected chi connectivity index (χ4v) is 1.04. The molecular formula is C9H7ClF3N. The second-order valence-electron chi connectivity index (χ2n) is 2.53. The molecule has 14 heavy (non-hydrogen) atoms. The lowest BCUT2D eigenvalue weighted by Crippen LogP contribution is -1.96. The molecule has 0 aliphatic carbocycles. The average molecular weight is 222 g/mol. The van der Waals surface area contributed by atoms with Gasteiger partial charge in [-0.15, -0.1) is 0 Å². The standard InChI is InChI=1S/C9H7ClF3N/c10-7-6(11)4-5(2-1-3-14)8(12)9(7)13/h1-2,4H,3,14H2/b2-1+. The molecule has 0 aromatic heterocycles. The van der Waals surface area contributed by atoms with Crippen LogP contribution >= 0.6 is 11.6 Å². The van der Waals surface area contributed by atoms with Gasteiger partial charge in [0.1, 0.15) is 10.8 Å². The summed E-state index contributed by atoms with van der Waals surface area (Å²) in [5, 5.41) is -0.840. The van der Waals surface area contributed by atoms with Crippen molar-refractivity contribution in [1.82, 2.24) is 0 Å². The summed E-state index contributed by atoms with van der Waals surface area (Å²) in [6, 6.07) is 0.812. The maximum absolute atomic E-state index is 13.0. The van der Waals surface area contributed by atoms with Gasteiger partial charge in [0, 0.05) is 12.1 Å². The topological polar surface area (TPSA) is 26.0 Å². The molecular weight excluding hydrogens is 215 g/mol. The zero-order valence-corrected chi connectivity index (χ0v) is 7.78. The molecule has 5 heteroatoms. The van der Waals surface area contributed by atoms with Gasteiger partial charge >= 0.3 is 0 Å². The van der Waals surface area contributed by atoms with Crippen molar-refractivity contribution in [2.45, 2.75) is 0 Å². The first-order valence-electron chi connectivity index (χ1n) is 3.77. The largest absolute Gasteiger partial charge is 0.327 e. The Kier molecular flexibility index (Phi) is 3.55. The van der Waals surface area contributed by atoms with Crippen LogP contribution in [0.15, 0.2) is 12.1 Å². The number of halogens is 4. The summed E-state index contributed by atoms with van der Waals surface area (Å²) in [4.78, 5) is 0. The SMILES string of the molecule is NC/C=C/c1cc(F)c(Cl)c(F)c1F. The van der Waals surface area contributed by atoms with Crippen molar-refractivity contribution in [1.29, 1.82) is 0 Å². The number of benzene rings is 1. The van der Waals surface area contributed by atoms with Crippen molar-refractivity contribution in [3.05, 3.63) is 40.2 Å². The predicted molar refractivity (Wildman–Crippen MR) is 49.4 cm³/mol. The summed E-state index contributed by atoms with van der Waals surface area (Å²) in [6.07, 6.45) is 2.57. The van der Waals surface area contributed by atoms with E-state index in [1.165, 1.54) is 12.2 Å². The van der Waals surface area contributed by atoms with Crippen LogP contribution in [0.5, 0.6) is 0 Å². The molecule has 1 rings (SSSR count). The lowest BCUT2D eigenvalue weighted by Gasteiger charge is -2.01. The normalized spacial score (nSPS) is 11.2. The van der Waals surface area contributed by atoms with Crippen molar-refractivity contribution in [3.8, 4) is 0 Å². The van der Waals surface area contributed by atoms with Gasteiger partial charge < -0.3 is 5.73 Å². The lowest BCUT2D eigenvalue weighted by atomic mass is 10.2. The van der Waals surface area contributed by atoms with Crippen molar-refractivity contribution in [2.75, 3.05) is 6.54 Å². The molecule has 1 aromatic carbocycles. The van der Waals surface area contributed by atoms with E-state index in [1.807, 2.05) is 0 Å². The zero-order valence-electron chi connectivity index (χ0n) is 7.03. The highest BCUT2D eigenvalue weighted by Gasteiger charge is 2.15. The fourth-order valence-electron chi connectivity index (χ4n) is 0.907. The summed E-state index contributed by atoms with van der Waals surface area (Å²) in [6.45, 7) is 0.158. The summed E-state index contributed by atoms with van der Waals surface area (Å²) in [7, 11) is 0. The van der Waals surface area contributed by atoms with Gasteiger partial charge in [0.15, 0.2) is 11.6 Å². The Bertz CT molecular complexity index is 377. The molecule has 76 valence electrons. The van der Waals surface area contributed by atoms with Gasteiger partial charge in [-0.1, -0.05) is 23.8 Å². The molecule has 0 atom stereocenters. The van der Waals surface area contributed by atoms with E-state index < -0.39 is 22.5 Å². The predicted octanol–water partition coefficient (Wildman–Crippen LogP) is 2.73. The molecule has 0 saturated carbocycles. The molecule has 0 aliphatic heterocycles. The summed E-state index contributed by atoms with van der Waals surface area (Å²) in [5.41, 5.74) is 4.90.